The first-order chi connectivity index (χ1) is 14.1. The summed E-state index contributed by atoms with van der Waals surface area (Å²) < 4.78 is 13.4. The Bertz CT molecular complexity index is 855. The number of nitrogens with zero attached hydrogens (tertiary/aromatic N) is 1. The van der Waals surface area contributed by atoms with Crippen LogP contribution in [0.5, 0.6) is 0 Å². The van der Waals surface area contributed by atoms with Crippen LogP contribution in [0.4, 0.5) is 0 Å². The molecule has 1 spiro atoms. The van der Waals surface area contributed by atoms with E-state index in [-0.39, 0.29) is 5.41 Å². The molecule has 3 N–H and O–H groups in total. The predicted octanol–water partition coefficient (Wildman–Crippen LogP) is 1.74. The summed E-state index contributed by atoms with van der Waals surface area (Å²) in [7, 11) is 2.09. The van der Waals surface area contributed by atoms with Crippen LogP contribution in [0.25, 0.3) is 0 Å². The lowest BCUT2D eigenvalue weighted by Crippen LogP contribution is -2.79. The molecule has 5 fully saturated rings. The summed E-state index contributed by atoms with van der Waals surface area (Å²) in [6, 6.07) is 0. The Morgan fingerprint density at radius 1 is 1.23 bits per heavy atom. The number of hydrogen-bond acceptors (Lipinski definition) is 6. The van der Waals surface area contributed by atoms with Gasteiger partial charge in [-0.25, -0.2) is 0 Å². The number of hydrogen-bond donors (Lipinski definition) is 3. The first-order valence-electron chi connectivity index (χ1n) is 11.7. The second-order valence-corrected chi connectivity index (χ2v) is 11.2. The van der Waals surface area contributed by atoms with Gasteiger partial charge in [0.25, 0.3) is 0 Å². The third kappa shape index (κ3) is 1.98. The summed E-state index contributed by atoms with van der Waals surface area (Å²) in [4.78, 5) is 2.27. The molecule has 7 aliphatic rings. The van der Waals surface area contributed by atoms with Gasteiger partial charge < -0.3 is 29.7 Å². The third-order valence-electron chi connectivity index (χ3n) is 9.90. The molecule has 166 valence electrons. The molecular formula is C24H35NO5. The van der Waals surface area contributed by atoms with Crippen molar-refractivity contribution in [1.29, 1.82) is 0 Å². The minimum Gasteiger partial charge on any atom is -0.390 e. The van der Waals surface area contributed by atoms with Crippen LogP contribution in [0.3, 0.4) is 0 Å². The summed E-state index contributed by atoms with van der Waals surface area (Å²) in [6.07, 6.45) is 7.24. The molecule has 4 unspecified atom stereocenters. The lowest BCUT2D eigenvalue weighted by atomic mass is 9.41. The Hall–Kier alpha value is -0.760. The maximum Gasteiger partial charge on any atom is 0.167 e. The normalized spacial score (nSPS) is 55.7. The summed E-state index contributed by atoms with van der Waals surface area (Å²) in [6.45, 7) is 6.24. The van der Waals surface area contributed by atoms with Gasteiger partial charge >= 0.3 is 0 Å². The average molecular weight is 418 g/mol. The minimum atomic E-state index is -1.17. The topological polar surface area (TPSA) is 82.4 Å². The van der Waals surface area contributed by atoms with E-state index in [4.69, 9.17) is 9.47 Å². The van der Waals surface area contributed by atoms with Gasteiger partial charge in [0.05, 0.1) is 18.8 Å². The van der Waals surface area contributed by atoms with E-state index in [2.05, 4.69) is 31.0 Å². The van der Waals surface area contributed by atoms with Crippen molar-refractivity contribution in [3.05, 3.63) is 23.3 Å². The molecular weight excluding hydrogens is 382 g/mol. The molecule has 4 aliphatic carbocycles. The summed E-state index contributed by atoms with van der Waals surface area (Å²) >= 11 is 0. The molecule has 0 aromatic carbocycles. The van der Waals surface area contributed by atoms with Crippen molar-refractivity contribution < 1.29 is 24.8 Å². The highest BCUT2D eigenvalue weighted by atomic mass is 16.7. The Balaban J connectivity index is 1.60. The van der Waals surface area contributed by atoms with E-state index < -0.39 is 34.6 Å². The van der Waals surface area contributed by atoms with E-state index in [0.29, 0.717) is 38.2 Å². The van der Waals surface area contributed by atoms with Crippen molar-refractivity contribution >= 4 is 0 Å². The van der Waals surface area contributed by atoms with E-state index in [1.165, 1.54) is 0 Å². The number of ether oxygens (including phenoxy) is 2. The summed E-state index contributed by atoms with van der Waals surface area (Å²) in [5, 5.41) is 33.9. The van der Waals surface area contributed by atoms with Gasteiger partial charge in [0.15, 0.2) is 5.79 Å². The number of rotatable bonds is 1. The van der Waals surface area contributed by atoms with Gasteiger partial charge in [0.1, 0.15) is 11.2 Å². The fourth-order valence-corrected chi connectivity index (χ4v) is 8.63. The fraction of sp³-hybridized carbons (Fsp3) is 0.833. The zero-order valence-electron chi connectivity index (χ0n) is 18.4. The number of allylic oxidation sites excluding steroid dienone is 1. The Morgan fingerprint density at radius 3 is 2.80 bits per heavy atom. The monoisotopic (exact) mass is 417 g/mol. The van der Waals surface area contributed by atoms with Gasteiger partial charge in [0.2, 0.25) is 0 Å². The van der Waals surface area contributed by atoms with Crippen LogP contribution < -0.4 is 0 Å². The van der Waals surface area contributed by atoms with E-state index in [9.17, 15) is 15.3 Å². The molecule has 30 heavy (non-hydrogen) atoms. The van der Waals surface area contributed by atoms with Crippen molar-refractivity contribution in [2.45, 2.75) is 81.6 Å². The SMILES string of the molecule is CC(O)C1=CCC23OCCN(C)CC12C[C@@H](O)C12O[C@@]4(O)CC[C@@]1(C)[C@H](CC=C32)C4. The molecule has 3 heterocycles. The fourth-order valence-electron chi connectivity index (χ4n) is 8.63. The first kappa shape index (κ1) is 19.9. The van der Waals surface area contributed by atoms with Crippen LogP contribution in [-0.2, 0) is 9.47 Å². The molecule has 0 aromatic rings. The van der Waals surface area contributed by atoms with Crippen molar-refractivity contribution in [2.75, 3.05) is 26.7 Å². The largest absolute Gasteiger partial charge is 0.390 e. The summed E-state index contributed by atoms with van der Waals surface area (Å²) in [5.41, 5.74) is -0.252. The molecule has 3 aliphatic heterocycles. The highest BCUT2D eigenvalue weighted by molar-refractivity contribution is 5.52. The van der Waals surface area contributed by atoms with Crippen LogP contribution >= 0.6 is 0 Å². The highest BCUT2D eigenvalue weighted by Gasteiger charge is 2.79. The molecule has 0 radical (unpaired) electrons. The standard InChI is InChI=1S/C24H35NO5/c1-15(26)17-6-7-23-18-5-4-16-12-22(28)9-8-20(16,2)24(18,30-22)19(27)13-21(17,23)14-25(3)10-11-29-23/h5-6,15-16,19,26-28H,4,7-14H2,1-3H3/t15?,16-,19-,20+,21?,22+,23?,24?/m1/s1. The lowest BCUT2D eigenvalue weighted by molar-refractivity contribution is -0.401. The first-order valence-corrected chi connectivity index (χ1v) is 11.7. The zero-order chi connectivity index (χ0) is 21.2. The van der Waals surface area contributed by atoms with E-state index >= 15 is 0 Å². The smallest absolute Gasteiger partial charge is 0.167 e. The molecule has 6 nitrogen and oxygen atoms in total. The van der Waals surface area contributed by atoms with Gasteiger partial charge in [0, 0.05) is 36.8 Å². The minimum absolute atomic E-state index is 0.225. The Morgan fingerprint density at radius 2 is 2.03 bits per heavy atom. The zero-order valence-corrected chi connectivity index (χ0v) is 18.4. The molecule has 3 saturated heterocycles. The molecule has 8 atom stereocenters. The van der Waals surface area contributed by atoms with Crippen molar-refractivity contribution in [3.63, 3.8) is 0 Å². The second-order valence-electron chi connectivity index (χ2n) is 11.2. The molecule has 6 heteroatoms. The van der Waals surface area contributed by atoms with Crippen LogP contribution in [0, 0.1) is 16.7 Å². The van der Waals surface area contributed by atoms with Gasteiger partial charge in [-0.2, -0.15) is 0 Å². The highest BCUT2D eigenvalue weighted by Crippen LogP contribution is 2.74. The quantitative estimate of drug-likeness (QED) is 0.564. The van der Waals surface area contributed by atoms with Gasteiger partial charge in [-0.3, -0.25) is 0 Å². The molecule has 0 amide bonds. The van der Waals surface area contributed by atoms with Crippen LogP contribution in [0.15, 0.2) is 23.3 Å². The van der Waals surface area contributed by atoms with Crippen molar-refractivity contribution in [2.24, 2.45) is 16.7 Å². The molecule has 4 bridgehead atoms. The second kappa shape index (κ2) is 5.77. The predicted molar refractivity (Wildman–Crippen MR) is 111 cm³/mol. The van der Waals surface area contributed by atoms with Crippen LogP contribution in [0.2, 0.25) is 0 Å². The van der Waals surface area contributed by atoms with Gasteiger partial charge in [-0.1, -0.05) is 19.1 Å². The molecule has 2 saturated carbocycles. The molecule has 7 rings (SSSR count). The molecule has 0 aromatic heterocycles. The average Bonchev–Trinajstić information content (AvgIpc) is 2.88. The van der Waals surface area contributed by atoms with E-state index in [0.717, 1.165) is 37.1 Å². The Labute approximate surface area is 178 Å². The maximum absolute atomic E-state index is 11.9. The third-order valence-corrected chi connectivity index (χ3v) is 9.90. The summed E-state index contributed by atoms with van der Waals surface area (Å²) in [5.74, 6) is -0.869. The van der Waals surface area contributed by atoms with Gasteiger partial charge in [-0.05, 0) is 56.7 Å². The maximum atomic E-state index is 11.9. The van der Waals surface area contributed by atoms with Crippen molar-refractivity contribution in [3.8, 4) is 0 Å². The number of fused-ring (bicyclic) bond motifs is 1. The van der Waals surface area contributed by atoms with Crippen LogP contribution in [-0.4, -0.2) is 76.2 Å². The van der Waals surface area contributed by atoms with Gasteiger partial charge in [-0.15, -0.1) is 0 Å². The van der Waals surface area contributed by atoms with E-state index in [1.807, 2.05) is 6.92 Å². The Kier molecular flexibility index (Phi) is 3.83. The number of aliphatic hydroxyl groups excluding tert-OH is 2. The lowest BCUT2D eigenvalue weighted by Gasteiger charge is -2.73. The van der Waals surface area contributed by atoms with Crippen molar-refractivity contribution in [1.82, 2.24) is 4.90 Å². The number of aliphatic hydroxyl groups is 3. The van der Waals surface area contributed by atoms with E-state index in [1.54, 1.807) is 0 Å². The number of likely N-dealkylation sites (N-methyl/N-ethyl adjacent to an activating group) is 1. The van der Waals surface area contributed by atoms with Crippen LogP contribution in [0.1, 0.15) is 52.4 Å².